The van der Waals surface area contributed by atoms with Crippen LogP contribution in [0.5, 0.6) is 0 Å². The fourth-order valence-corrected chi connectivity index (χ4v) is 2.18. The zero-order chi connectivity index (χ0) is 13.7. The summed E-state index contributed by atoms with van der Waals surface area (Å²) < 4.78 is 0. The first-order valence-corrected chi connectivity index (χ1v) is 6.38. The Bertz CT molecular complexity index is 470. The zero-order valence-corrected chi connectivity index (χ0v) is 10.6. The molecule has 1 aliphatic rings. The molecule has 2 rings (SSSR count). The third-order valence-electron chi connectivity index (χ3n) is 3.09. The van der Waals surface area contributed by atoms with Gasteiger partial charge in [-0.3, -0.25) is 9.59 Å². The van der Waals surface area contributed by atoms with E-state index in [1.165, 1.54) is 6.42 Å². The van der Waals surface area contributed by atoms with E-state index in [1.807, 2.05) is 0 Å². The van der Waals surface area contributed by atoms with Crippen LogP contribution in [-0.4, -0.2) is 41.6 Å². The molecule has 6 nitrogen and oxygen atoms in total. The minimum atomic E-state index is -1.06. The number of nitrogens with zero attached hydrogens (tertiary/aromatic N) is 2. The van der Waals surface area contributed by atoms with Crippen LogP contribution in [-0.2, 0) is 4.79 Å². The van der Waals surface area contributed by atoms with Crippen LogP contribution >= 0.6 is 0 Å². The first-order valence-electron chi connectivity index (χ1n) is 6.38. The van der Waals surface area contributed by atoms with Crippen molar-refractivity contribution >= 4 is 17.7 Å². The summed E-state index contributed by atoms with van der Waals surface area (Å²) in [6, 6.07) is 3.36. The summed E-state index contributed by atoms with van der Waals surface area (Å²) in [6.07, 6.45) is 5.03. The summed E-state index contributed by atoms with van der Waals surface area (Å²) in [7, 11) is 0. The molecular weight excluding hydrogens is 246 g/mol. The Morgan fingerprint density at radius 3 is 2.74 bits per heavy atom. The van der Waals surface area contributed by atoms with Gasteiger partial charge in [-0.2, -0.15) is 0 Å². The Morgan fingerprint density at radius 2 is 2.05 bits per heavy atom. The van der Waals surface area contributed by atoms with Crippen LogP contribution in [0.4, 0.5) is 5.82 Å². The van der Waals surface area contributed by atoms with Gasteiger partial charge < -0.3 is 15.3 Å². The maximum absolute atomic E-state index is 12.0. The SMILES string of the molecule is O=C(O)CNC(=O)c1cccnc1N1CCCCC1. The van der Waals surface area contributed by atoms with Gasteiger partial charge in [0.15, 0.2) is 0 Å². The fraction of sp³-hybridized carbons (Fsp3) is 0.462. The molecule has 0 aromatic carbocycles. The highest BCUT2D eigenvalue weighted by Crippen LogP contribution is 2.21. The quantitative estimate of drug-likeness (QED) is 0.843. The topological polar surface area (TPSA) is 82.5 Å². The molecule has 1 saturated heterocycles. The van der Waals surface area contributed by atoms with Crippen molar-refractivity contribution in [3.05, 3.63) is 23.9 Å². The minimum absolute atomic E-state index is 0.382. The maximum atomic E-state index is 12.0. The third-order valence-corrected chi connectivity index (χ3v) is 3.09. The second-order valence-electron chi connectivity index (χ2n) is 4.50. The molecule has 0 spiro atoms. The average molecular weight is 263 g/mol. The van der Waals surface area contributed by atoms with Crippen LogP contribution < -0.4 is 10.2 Å². The van der Waals surface area contributed by atoms with Crippen LogP contribution in [0.15, 0.2) is 18.3 Å². The lowest BCUT2D eigenvalue weighted by molar-refractivity contribution is -0.135. The average Bonchev–Trinajstić information content (AvgIpc) is 2.45. The van der Waals surface area contributed by atoms with E-state index < -0.39 is 11.9 Å². The van der Waals surface area contributed by atoms with Crippen molar-refractivity contribution in [3.8, 4) is 0 Å². The van der Waals surface area contributed by atoms with Gasteiger partial charge in [-0.15, -0.1) is 0 Å². The summed E-state index contributed by atoms with van der Waals surface area (Å²) in [6.45, 7) is 1.39. The zero-order valence-electron chi connectivity index (χ0n) is 10.6. The largest absolute Gasteiger partial charge is 0.480 e. The number of carboxylic acid groups (broad SMARTS) is 1. The number of carbonyl (C=O) groups is 2. The summed E-state index contributed by atoms with van der Waals surface area (Å²) >= 11 is 0. The fourth-order valence-electron chi connectivity index (χ4n) is 2.18. The van der Waals surface area contributed by atoms with Crippen LogP contribution in [0.2, 0.25) is 0 Å². The number of hydrogen-bond acceptors (Lipinski definition) is 4. The predicted octanol–water partition coefficient (Wildman–Crippen LogP) is 0.886. The smallest absolute Gasteiger partial charge is 0.322 e. The predicted molar refractivity (Wildman–Crippen MR) is 70.3 cm³/mol. The van der Waals surface area contributed by atoms with E-state index in [0.29, 0.717) is 11.4 Å². The molecule has 102 valence electrons. The summed E-state index contributed by atoms with van der Waals surface area (Å²) in [4.78, 5) is 28.8. The molecule has 6 heteroatoms. The van der Waals surface area contributed by atoms with Crippen molar-refractivity contribution < 1.29 is 14.7 Å². The van der Waals surface area contributed by atoms with Crippen LogP contribution in [0.3, 0.4) is 0 Å². The molecule has 0 bridgehead atoms. The summed E-state index contributed by atoms with van der Waals surface area (Å²) in [5.41, 5.74) is 0.436. The molecule has 0 aliphatic carbocycles. The van der Waals surface area contributed by atoms with E-state index in [4.69, 9.17) is 5.11 Å². The van der Waals surface area contributed by atoms with Gasteiger partial charge in [0, 0.05) is 19.3 Å². The van der Waals surface area contributed by atoms with Gasteiger partial charge in [-0.1, -0.05) is 0 Å². The molecule has 1 aliphatic heterocycles. The van der Waals surface area contributed by atoms with Crippen molar-refractivity contribution in [3.63, 3.8) is 0 Å². The second kappa shape index (κ2) is 6.17. The van der Waals surface area contributed by atoms with Gasteiger partial charge in [-0.25, -0.2) is 4.98 Å². The van der Waals surface area contributed by atoms with Crippen LogP contribution in [0.1, 0.15) is 29.6 Å². The monoisotopic (exact) mass is 263 g/mol. The molecule has 2 heterocycles. The van der Waals surface area contributed by atoms with E-state index in [-0.39, 0.29) is 6.54 Å². The van der Waals surface area contributed by atoms with Crippen molar-refractivity contribution in [1.82, 2.24) is 10.3 Å². The van der Waals surface area contributed by atoms with E-state index in [1.54, 1.807) is 18.3 Å². The van der Waals surface area contributed by atoms with Gasteiger partial charge >= 0.3 is 5.97 Å². The normalized spacial score (nSPS) is 15.1. The van der Waals surface area contributed by atoms with E-state index in [2.05, 4.69) is 15.2 Å². The molecular formula is C13H17N3O3. The van der Waals surface area contributed by atoms with Crippen LogP contribution in [0, 0.1) is 0 Å². The lowest BCUT2D eigenvalue weighted by atomic mass is 10.1. The van der Waals surface area contributed by atoms with Gasteiger partial charge in [0.1, 0.15) is 12.4 Å². The number of aliphatic carboxylic acids is 1. The second-order valence-corrected chi connectivity index (χ2v) is 4.50. The number of amides is 1. The minimum Gasteiger partial charge on any atom is -0.480 e. The molecule has 0 saturated carbocycles. The van der Waals surface area contributed by atoms with E-state index in [9.17, 15) is 9.59 Å². The van der Waals surface area contributed by atoms with Gasteiger partial charge in [0.2, 0.25) is 0 Å². The standard InChI is InChI=1S/C13H17N3O3/c17-11(18)9-15-13(19)10-5-4-6-14-12(10)16-7-2-1-3-8-16/h4-6H,1-3,7-9H2,(H,15,19)(H,17,18). The number of carboxylic acids is 1. The van der Waals surface area contributed by atoms with Gasteiger partial charge in [0.25, 0.3) is 5.91 Å². The first kappa shape index (κ1) is 13.3. The number of rotatable bonds is 4. The lowest BCUT2D eigenvalue weighted by Crippen LogP contribution is -2.34. The molecule has 1 fully saturated rings. The molecule has 1 aromatic rings. The highest BCUT2D eigenvalue weighted by Gasteiger charge is 2.19. The van der Waals surface area contributed by atoms with Crippen LogP contribution in [0.25, 0.3) is 0 Å². The molecule has 1 amide bonds. The Hall–Kier alpha value is -2.11. The number of hydrogen-bond donors (Lipinski definition) is 2. The highest BCUT2D eigenvalue weighted by atomic mass is 16.4. The molecule has 0 unspecified atom stereocenters. The van der Waals surface area contributed by atoms with Gasteiger partial charge in [-0.05, 0) is 31.4 Å². The highest BCUT2D eigenvalue weighted by molar-refractivity contribution is 6.00. The number of carbonyl (C=O) groups excluding carboxylic acids is 1. The molecule has 2 N–H and O–H groups in total. The number of piperidine rings is 1. The number of anilines is 1. The third kappa shape index (κ3) is 3.43. The summed E-state index contributed by atoms with van der Waals surface area (Å²) in [5.74, 6) is -0.807. The number of nitrogens with one attached hydrogen (secondary N) is 1. The van der Waals surface area contributed by atoms with E-state index >= 15 is 0 Å². The molecule has 1 aromatic heterocycles. The Morgan fingerprint density at radius 1 is 1.32 bits per heavy atom. The Balaban J connectivity index is 2.15. The number of aromatic nitrogens is 1. The molecule has 19 heavy (non-hydrogen) atoms. The molecule has 0 atom stereocenters. The first-order chi connectivity index (χ1) is 9.18. The van der Waals surface area contributed by atoms with Crippen molar-refractivity contribution in [2.45, 2.75) is 19.3 Å². The summed E-state index contributed by atoms with van der Waals surface area (Å²) in [5, 5.41) is 11.0. The lowest BCUT2D eigenvalue weighted by Gasteiger charge is -2.29. The van der Waals surface area contributed by atoms with E-state index in [0.717, 1.165) is 25.9 Å². The Labute approximate surface area is 111 Å². The maximum Gasteiger partial charge on any atom is 0.322 e. The molecule has 0 radical (unpaired) electrons. The van der Waals surface area contributed by atoms with Crippen molar-refractivity contribution in [2.75, 3.05) is 24.5 Å². The van der Waals surface area contributed by atoms with Gasteiger partial charge in [0.05, 0.1) is 5.56 Å². The van der Waals surface area contributed by atoms with Crippen molar-refractivity contribution in [2.24, 2.45) is 0 Å². The number of pyridine rings is 1. The van der Waals surface area contributed by atoms with Crippen molar-refractivity contribution in [1.29, 1.82) is 0 Å². The Kier molecular flexibility index (Phi) is 4.33.